The van der Waals surface area contributed by atoms with Crippen LogP contribution in [0, 0.1) is 0 Å². The van der Waals surface area contributed by atoms with E-state index in [0.717, 1.165) is 0 Å². The van der Waals surface area contributed by atoms with Crippen molar-refractivity contribution in [1.29, 1.82) is 0 Å². The summed E-state index contributed by atoms with van der Waals surface area (Å²) in [6.45, 7) is 0. The minimum absolute atomic E-state index is 0. The summed E-state index contributed by atoms with van der Waals surface area (Å²) in [6, 6.07) is 0. The van der Waals surface area contributed by atoms with Crippen molar-refractivity contribution < 1.29 is 124 Å². The summed E-state index contributed by atoms with van der Waals surface area (Å²) in [5.74, 6) is -9.14. The zero-order valence-corrected chi connectivity index (χ0v) is 17.1. The Labute approximate surface area is 183 Å². The Bertz CT molecular complexity index is 457. The zero-order valence-electron chi connectivity index (χ0n) is 13.1. The number of hydrogen-bond acceptors (Lipinski definition) is 10. The number of hydrogen-bond donors (Lipinski definition) is 6. The summed E-state index contributed by atoms with van der Waals surface area (Å²) < 4.78 is 0. The fraction of sp³-hybridized carbons (Fsp3) is 0.500. The topological polar surface area (TPSA) is 253 Å². The Morgan fingerprint density at radius 1 is 0.760 bits per heavy atom. The fourth-order valence-electron chi connectivity index (χ4n) is 0.972. The van der Waals surface area contributed by atoms with Gasteiger partial charge in [0.1, 0.15) is 12.2 Å². The van der Waals surface area contributed by atoms with Gasteiger partial charge in [-0.1, -0.05) is 0 Å². The van der Waals surface area contributed by atoms with Crippen molar-refractivity contribution in [2.24, 2.45) is 0 Å². The van der Waals surface area contributed by atoms with Crippen molar-refractivity contribution >= 4 is 29.8 Å². The molecule has 15 heteroatoms. The molecule has 132 valence electrons. The summed E-state index contributed by atoms with van der Waals surface area (Å²) in [4.78, 5) is 49.8. The van der Waals surface area contributed by atoms with E-state index >= 15 is 0 Å². The van der Waals surface area contributed by atoms with Crippen molar-refractivity contribution in [3.05, 3.63) is 0 Å². The van der Waals surface area contributed by atoms with Crippen molar-refractivity contribution in [2.75, 3.05) is 0 Å². The van der Waals surface area contributed by atoms with Gasteiger partial charge in [-0.05, 0) is 0 Å². The van der Waals surface area contributed by atoms with Crippen LogP contribution < -0.4 is 69.3 Å². The first-order chi connectivity index (χ1) is 10.2. The minimum Gasteiger partial charge on any atom is -0.547 e. The monoisotopic (exact) mass is 386 g/mol. The van der Waals surface area contributed by atoms with E-state index < -0.39 is 60.5 Å². The fourth-order valence-corrected chi connectivity index (χ4v) is 0.972. The summed E-state index contributed by atoms with van der Waals surface area (Å²) in [5.41, 5.74) is -2.74. The van der Waals surface area contributed by atoms with Crippen LogP contribution in [0.1, 0.15) is 12.8 Å². The van der Waals surface area contributed by atoms with Gasteiger partial charge in [0.2, 0.25) is 0 Å². The molecule has 25 heavy (non-hydrogen) atoms. The van der Waals surface area contributed by atoms with E-state index in [1.54, 1.807) is 0 Å². The van der Waals surface area contributed by atoms with Gasteiger partial charge in [-0.15, -0.1) is 0 Å². The maximum absolute atomic E-state index is 10.3. The van der Waals surface area contributed by atoms with Gasteiger partial charge >= 0.3 is 77.0 Å². The second-order valence-electron chi connectivity index (χ2n) is 4.01. The number of rotatable bonds is 8. The third kappa shape index (κ3) is 14.1. The zero-order chi connectivity index (χ0) is 19.0. The normalized spacial score (nSPS) is 12.0. The Kier molecular flexibility index (Phi) is 18.4. The van der Waals surface area contributed by atoms with Crippen LogP contribution in [0.5, 0.6) is 0 Å². The molecule has 0 aromatic rings. The first kappa shape index (κ1) is 31.9. The molecule has 6 N–H and O–H groups in total. The average Bonchev–Trinajstić information content (AvgIpc) is 2.35. The number of aliphatic hydroxyl groups excluding tert-OH is 2. The van der Waals surface area contributed by atoms with E-state index in [0.29, 0.717) is 0 Å². The van der Waals surface area contributed by atoms with Gasteiger partial charge in [0.25, 0.3) is 0 Å². The third-order valence-corrected chi connectivity index (χ3v) is 2.07. The van der Waals surface area contributed by atoms with Crippen LogP contribution in [0.15, 0.2) is 0 Å². The number of aliphatic hydroxyl groups is 3. The smallest absolute Gasteiger partial charge is 0.547 e. The molecule has 0 rings (SSSR count). The molecule has 0 aromatic carbocycles. The molecule has 0 fully saturated rings. The van der Waals surface area contributed by atoms with E-state index in [1.165, 1.54) is 0 Å². The molecule has 0 bridgehead atoms. The molecule has 0 saturated carbocycles. The molecule has 2 atom stereocenters. The van der Waals surface area contributed by atoms with Crippen LogP contribution in [0.2, 0.25) is 0 Å². The molecule has 13 nitrogen and oxygen atoms in total. The SMILES string of the molecule is O=C(O)CC(O)(CC(=O)O)C(=O)O.O=C([O-])C(O)C(O)C(=O)[O-].[Na+].[Na+]. The molecule has 0 aliphatic carbocycles. The molecule has 0 spiro atoms. The number of carboxylic acid groups (broad SMARTS) is 5. The van der Waals surface area contributed by atoms with Crippen LogP contribution in [0.25, 0.3) is 0 Å². The quantitative estimate of drug-likeness (QED) is 0.212. The molecular weight excluding hydrogens is 374 g/mol. The van der Waals surface area contributed by atoms with Gasteiger partial charge < -0.3 is 50.4 Å². The maximum atomic E-state index is 10.3. The second-order valence-corrected chi connectivity index (χ2v) is 4.01. The largest absolute Gasteiger partial charge is 1.00 e. The van der Waals surface area contributed by atoms with Crippen LogP contribution in [0.4, 0.5) is 0 Å². The van der Waals surface area contributed by atoms with E-state index in [4.69, 9.17) is 30.6 Å². The van der Waals surface area contributed by atoms with E-state index in [2.05, 4.69) is 0 Å². The van der Waals surface area contributed by atoms with Gasteiger partial charge in [0, 0.05) is 0 Å². The predicted octanol–water partition coefficient (Wildman–Crippen LogP) is -12.0. The van der Waals surface area contributed by atoms with Crippen LogP contribution in [-0.4, -0.2) is 78.3 Å². The van der Waals surface area contributed by atoms with Crippen LogP contribution in [-0.2, 0) is 24.0 Å². The predicted molar refractivity (Wildman–Crippen MR) is 59.1 cm³/mol. The van der Waals surface area contributed by atoms with Crippen molar-refractivity contribution in [2.45, 2.75) is 30.7 Å². The second kappa shape index (κ2) is 14.4. The maximum Gasteiger partial charge on any atom is 1.00 e. The number of carbonyl (C=O) groups is 5. The first-order valence-electron chi connectivity index (χ1n) is 5.41. The minimum atomic E-state index is -2.74. The van der Waals surface area contributed by atoms with Gasteiger partial charge in [0.05, 0.1) is 24.8 Å². The Morgan fingerprint density at radius 3 is 1.12 bits per heavy atom. The Balaban J connectivity index is -0.000000168. The summed E-state index contributed by atoms with van der Waals surface area (Å²) >= 11 is 0. The van der Waals surface area contributed by atoms with Gasteiger partial charge in [-0.2, -0.15) is 0 Å². The van der Waals surface area contributed by atoms with Crippen LogP contribution in [0.3, 0.4) is 0 Å². The van der Waals surface area contributed by atoms with E-state index in [9.17, 15) is 34.2 Å². The van der Waals surface area contributed by atoms with E-state index in [1.807, 2.05) is 0 Å². The number of carbonyl (C=O) groups excluding carboxylic acids is 2. The molecule has 0 heterocycles. The van der Waals surface area contributed by atoms with Gasteiger partial charge in [0.15, 0.2) is 5.60 Å². The van der Waals surface area contributed by atoms with Crippen molar-refractivity contribution in [3.63, 3.8) is 0 Å². The summed E-state index contributed by atoms with van der Waals surface area (Å²) in [6.07, 6.45) is -7.17. The molecule has 0 saturated heterocycles. The molecule has 2 unspecified atom stereocenters. The average molecular weight is 386 g/mol. The molecular formula is C10H12Na2O13. The van der Waals surface area contributed by atoms with Gasteiger partial charge in [-0.3, -0.25) is 9.59 Å². The molecule has 0 aromatic heterocycles. The van der Waals surface area contributed by atoms with E-state index in [-0.39, 0.29) is 59.1 Å². The number of carboxylic acids is 5. The molecule has 0 radical (unpaired) electrons. The van der Waals surface area contributed by atoms with Gasteiger partial charge in [-0.25, -0.2) is 4.79 Å². The summed E-state index contributed by atoms with van der Waals surface area (Å²) in [7, 11) is 0. The number of aliphatic carboxylic acids is 5. The Hall–Kier alpha value is -0.770. The van der Waals surface area contributed by atoms with Crippen molar-refractivity contribution in [3.8, 4) is 0 Å². The van der Waals surface area contributed by atoms with Crippen LogP contribution >= 0.6 is 0 Å². The third-order valence-electron chi connectivity index (χ3n) is 2.07. The molecule has 0 aliphatic rings. The van der Waals surface area contributed by atoms with Crippen molar-refractivity contribution in [1.82, 2.24) is 0 Å². The summed E-state index contributed by atoms with van der Waals surface area (Å²) in [5, 5.41) is 69.5. The first-order valence-corrected chi connectivity index (χ1v) is 5.41. The molecule has 0 amide bonds. The standard InChI is InChI=1S/C6H8O7.C4H6O6.2Na/c7-3(8)1-6(13,5(11)12)2-4(9)10;5-1(3(7)8)2(6)4(9)10;;/h13H,1-2H2,(H,7,8)(H,9,10)(H,11,12);1-2,5-6H,(H,7,8)(H,9,10);;/q;;2*+1/p-2. The molecule has 0 aliphatic heterocycles. The Morgan fingerprint density at radius 2 is 1.00 bits per heavy atom.